The molecule has 0 unspecified atom stereocenters. The first-order valence-corrected chi connectivity index (χ1v) is 9.25. The normalized spacial score (nSPS) is 17.1. The average Bonchev–Trinajstić information content (AvgIpc) is 3.39. The number of hydrogen-bond acceptors (Lipinski definition) is 5. The van der Waals surface area contributed by atoms with Gasteiger partial charge < -0.3 is 4.90 Å². The average molecular weight is 369 g/mol. The highest BCUT2D eigenvalue weighted by Crippen LogP contribution is 2.32. The topological polar surface area (TPSA) is 101 Å². The molecule has 3 aromatic rings. The summed E-state index contributed by atoms with van der Waals surface area (Å²) < 4.78 is 3.21. The van der Waals surface area contributed by atoms with Crippen molar-refractivity contribution < 1.29 is 4.79 Å². The zero-order chi connectivity index (χ0) is 19.0. The molecular weight excluding hydrogens is 346 g/mol. The summed E-state index contributed by atoms with van der Waals surface area (Å²) in [5.41, 5.74) is 2.74. The van der Waals surface area contributed by atoms with Crippen LogP contribution in [0.4, 0.5) is 0 Å². The number of nitrogens with one attached hydrogen (secondary N) is 1. The third-order valence-electron chi connectivity index (χ3n) is 5.28. The zero-order valence-corrected chi connectivity index (χ0v) is 15.6. The molecule has 4 rings (SSSR count). The van der Waals surface area contributed by atoms with Crippen molar-refractivity contribution in [3.05, 3.63) is 46.0 Å². The van der Waals surface area contributed by atoms with Crippen LogP contribution in [0.2, 0.25) is 0 Å². The Hall–Kier alpha value is -2.97. The van der Waals surface area contributed by atoms with Gasteiger partial charge in [-0.3, -0.25) is 19.4 Å². The van der Waals surface area contributed by atoms with E-state index in [1.807, 2.05) is 17.9 Å². The van der Waals surface area contributed by atoms with Gasteiger partial charge >= 0.3 is 0 Å². The summed E-state index contributed by atoms with van der Waals surface area (Å²) in [6, 6.07) is 1.85. The van der Waals surface area contributed by atoms with E-state index in [9.17, 15) is 9.59 Å². The van der Waals surface area contributed by atoms with Crippen molar-refractivity contribution in [3.8, 4) is 0 Å². The van der Waals surface area contributed by atoms with Crippen molar-refractivity contribution in [2.45, 2.75) is 52.1 Å². The number of carbonyl (C=O) groups excluding carboxylic acids is 1. The second-order valence-corrected chi connectivity index (χ2v) is 7.04. The predicted octanol–water partition coefficient (Wildman–Crippen LogP) is 1.37. The molecule has 1 atom stereocenters. The molecule has 0 bridgehead atoms. The van der Waals surface area contributed by atoms with Crippen molar-refractivity contribution in [2.75, 3.05) is 6.54 Å². The minimum atomic E-state index is -0.0903. The zero-order valence-electron chi connectivity index (χ0n) is 15.6. The lowest BCUT2D eigenvalue weighted by molar-refractivity contribution is -0.132. The maximum absolute atomic E-state index is 12.7. The Kier molecular flexibility index (Phi) is 4.51. The van der Waals surface area contributed by atoms with Crippen molar-refractivity contribution in [1.82, 2.24) is 34.3 Å². The SMILES string of the molecule is Cc1nc2cc([C@@H]3CCCN3C(=O)CCCn3cncn3)[nH]n2c(=O)c1C. The van der Waals surface area contributed by atoms with Crippen LogP contribution >= 0.6 is 0 Å². The lowest BCUT2D eigenvalue weighted by atomic mass is 10.1. The number of H-pyrrole nitrogens is 1. The highest BCUT2D eigenvalue weighted by Gasteiger charge is 2.31. The van der Waals surface area contributed by atoms with E-state index in [2.05, 4.69) is 20.2 Å². The molecule has 9 heteroatoms. The standard InChI is InChI=1S/C18H23N7O2/c1-12-13(2)21-16-9-14(22-25(16)18(12)27)15-5-3-8-24(15)17(26)6-4-7-23-11-19-10-20-23/h9-11,15,22H,3-8H2,1-2H3/t15-/m0/s1. The first-order chi connectivity index (χ1) is 13.0. The second kappa shape index (κ2) is 6.98. The second-order valence-electron chi connectivity index (χ2n) is 7.04. The number of amides is 1. The largest absolute Gasteiger partial charge is 0.334 e. The highest BCUT2D eigenvalue weighted by atomic mass is 16.2. The molecule has 4 heterocycles. The van der Waals surface area contributed by atoms with Gasteiger partial charge in [0.05, 0.1) is 11.7 Å². The Labute approximate surface area is 156 Å². The molecule has 1 amide bonds. The van der Waals surface area contributed by atoms with Gasteiger partial charge in [-0.25, -0.2) is 14.5 Å². The molecular formula is C18H23N7O2. The van der Waals surface area contributed by atoms with Gasteiger partial charge in [-0.1, -0.05) is 0 Å². The molecule has 9 nitrogen and oxygen atoms in total. The van der Waals surface area contributed by atoms with Crippen LogP contribution in [0.5, 0.6) is 0 Å². The van der Waals surface area contributed by atoms with E-state index in [0.29, 0.717) is 24.2 Å². The first kappa shape index (κ1) is 17.4. The van der Waals surface area contributed by atoms with E-state index in [0.717, 1.165) is 37.2 Å². The third-order valence-corrected chi connectivity index (χ3v) is 5.28. The molecule has 1 saturated heterocycles. The summed E-state index contributed by atoms with van der Waals surface area (Å²) >= 11 is 0. The van der Waals surface area contributed by atoms with Crippen LogP contribution in [0.1, 0.15) is 48.7 Å². The van der Waals surface area contributed by atoms with Crippen LogP contribution in [0, 0.1) is 13.8 Å². The number of fused-ring (bicyclic) bond motifs is 1. The molecule has 0 aliphatic carbocycles. The number of nitrogens with zero attached hydrogens (tertiary/aromatic N) is 6. The molecule has 0 aromatic carbocycles. The predicted molar refractivity (Wildman–Crippen MR) is 98.2 cm³/mol. The van der Waals surface area contributed by atoms with Crippen LogP contribution in [0.25, 0.3) is 5.65 Å². The fourth-order valence-electron chi connectivity index (χ4n) is 3.68. The Morgan fingerprint density at radius 3 is 3.00 bits per heavy atom. The fourth-order valence-corrected chi connectivity index (χ4v) is 3.68. The Morgan fingerprint density at radius 1 is 1.37 bits per heavy atom. The fraction of sp³-hybridized carbons (Fsp3) is 0.500. The molecule has 27 heavy (non-hydrogen) atoms. The monoisotopic (exact) mass is 369 g/mol. The van der Waals surface area contributed by atoms with Crippen molar-refractivity contribution >= 4 is 11.6 Å². The third kappa shape index (κ3) is 3.24. The Balaban J connectivity index is 1.51. The number of carbonyl (C=O) groups is 1. The van der Waals surface area contributed by atoms with E-state index in [1.165, 1.54) is 10.8 Å². The van der Waals surface area contributed by atoms with Crippen LogP contribution in [0.15, 0.2) is 23.5 Å². The van der Waals surface area contributed by atoms with Crippen LogP contribution in [0.3, 0.4) is 0 Å². The van der Waals surface area contributed by atoms with E-state index in [-0.39, 0.29) is 17.5 Å². The van der Waals surface area contributed by atoms with Gasteiger partial charge in [0.1, 0.15) is 12.7 Å². The minimum Gasteiger partial charge on any atom is -0.334 e. The van der Waals surface area contributed by atoms with Crippen LogP contribution in [-0.4, -0.2) is 46.7 Å². The summed E-state index contributed by atoms with van der Waals surface area (Å²) in [4.78, 5) is 35.5. The number of aromatic nitrogens is 6. The number of likely N-dealkylation sites (tertiary alicyclic amines) is 1. The van der Waals surface area contributed by atoms with Gasteiger partial charge in [0.2, 0.25) is 5.91 Å². The highest BCUT2D eigenvalue weighted by molar-refractivity contribution is 5.77. The lowest BCUT2D eigenvalue weighted by Crippen LogP contribution is -2.31. The quantitative estimate of drug-likeness (QED) is 0.732. The van der Waals surface area contributed by atoms with E-state index < -0.39 is 0 Å². The summed E-state index contributed by atoms with van der Waals surface area (Å²) in [6.07, 6.45) is 6.17. The van der Waals surface area contributed by atoms with E-state index in [1.54, 1.807) is 17.9 Å². The van der Waals surface area contributed by atoms with Crippen LogP contribution in [-0.2, 0) is 11.3 Å². The summed E-state index contributed by atoms with van der Waals surface area (Å²) in [7, 11) is 0. The number of aryl methyl sites for hydroxylation is 2. The van der Waals surface area contributed by atoms with Crippen molar-refractivity contribution in [3.63, 3.8) is 0 Å². The molecule has 1 N–H and O–H groups in total. The molecule has 0 saturated carbocycles. The van der Waals surface area contributed by atoms with Crippen LogP contribution < -0.4 is 5.56 Å². The lowest BCUT2D eigenvalue weighted by Gasteiger charge is -2.23. The van der Waals surface area contributed by atoms with E-state index >= 15 is 0 Å². The smallest absolute Gasteiger partial charge is 0.275 e. The maximum atomic E-state index is 12.7. The number of rotatable bonds is 5. The molecule has 1 aliphatic rings. The minimum absolute atomic E-state index is 0.0365. The number of aromatic amines is 1. The van der Waals surface area contributed by atoms with Gasteiger partial charge in [-0.05, 0) is 33.1 Å². The van der Waals surface area contributed by atoms with Gasteiger partial charge in [-0.15, -0.1) is 0 Å². The van der Waals surface area contributed by atoms with Crippen molar-refractivity contribution in [1.29, 1.82) is 0 Å². The van der Waals surface area contributed by atoms with Gasteiger partial charge in [0, 0.05) is 36.8 Å². The summed E-state index contributed by atoms with van der Waals surface area (Å²) in [5.74, 6) is 0.129. The molecule has 3 aromatic heterocycles. The number of hydrogen-bond donors (Lipinski definition) is 1. The van der Waals surface area contributed by atoms with Gasteiger partial charge in [-0.2, -0.15) is 5.10 Å². The first-order valence-electron chi connectivity index (χ1n) is 9.25. The Bertz CT molecular complexity index is 1020. The molecule has 142 valence electrons. The van der Waals surface area contributed by atoms with Gasteiger partial charge in [0.15, 0.2) is 5.65 Å². The molecule has 1 fully saturated rings. The summed E-state index contributed by atoms with van der Waals surface area (Å²) in [5, 5.41) is 7.22. The summed E-state index contributed by atoms with van der Waals surface area (Å²) in [6.45, 7) is 5.03. The van der Waals surface area contributed by atoms with Gasteiger partial charge in [0.25, 0.3) is 5.56 Å². The van der Waals surface area contributed by atoms with Crippen molar-refractivity contribution in [2.24, 2.45) is 0 Å². The molecule has 0 radical (unpaired) electrons. The maximum Gasteiger partial charge on any atom is 0.275 e. The molecule has 0 spiro atoms. The Morgan fingerprint density at radius 2 is 2.22 bits per heavy atom. The van der Waals surface area contributed by atoms with E-state index in [4.69, 9.17) is 0 Å². The molecule has 1 aliphatic heterocycles.